The van der Waals surface area contributed by atoms with E-state index < -0.39 is 0 Å². The van der Waals surface area contributed by atoms with Gasteiger partial charge < -0.3 is 14.2 Å². The molecule has 0 saturated carbocycles. The van der Waals surface area contributed by atoms with Gasteiger partial charge in [0.15, 0.2) is 11.0 Å². The van der Waals surface area contributed by atoms with E-state index >= 15 is 0 Å². The second-order valence-electron chi connectivity index (χ2n) is 7.97. The highest BCUT2D eigenvalue weighted by Crippen LogP contribution is 2.26. The lowest BCUT2D eigenvalue weighted by Crippen LogP contribution is -2.49. The van der Waals surface area contributed by atoms with E-state index in [1.807, 2.05) is 70.1 Å². The molecular weight excluding hydrogens is 470 g/mol. The number of thioether (sulfide) groups is 1. The minimum Gasteiger partial charge on any atom is -0.467 e. The van der Waals surface area contributed by atoms with Crippen LogP contribution in [0.2, 0.25) is 5.02 Å². The highest BCUT2D eigenvalue weighted by atomic mass is 35.5. The summed E-state index contributed by atoms with van der Waals surface area (Å²) in [5.74, 6) is 1.97. The van der Waals surface area contributed by atoms with Crippen LogP contribution in [0.15, 0.2) is 82.6 Å². The molecule has 0 aliphatic carbocycles. The molecule has 9 heteroatoms. The van der Waals surface area contributed by atoms with Gasteiger partial charge in [0.2, 0.25) is 5.91 Å². The number of hydrogen-bond acceptors (Lipinski definition) is 6. The van der Waals surface area contributed by atoms with Crippen LogP contribution >= 0.6 is 23.4 Å². The Balaban J connectivity index is 1.24. The third kappa shape index (κ3) is 5.13. The molecule has 5 rings (SSSR count). The van der Waals surface area contributed by atoms with Gasteiger partial charge in [-0.2, -0.15) is 0 Å². The Hall–Kier alpha value is -3.23. The average molecular weight is 494 g/mol. The van der Waals surface area contributed by atoms with E-state index in [2.05, 4.69) is 21.2 Å². The van der Waals surface area contributed by atoms with Gasteiger partial charge in [-0.25, -0.2) is 0 Å². The van der Waals surface area contributed by atoms with Gasteiger partial charge in [-0.1, -0.05) is 59.8 Å². The molecule has 7 nitrogen and oxygen atoms in total. The van der Waals surface area contributed by atoms with Crippen LogP contribution in [0.4, 0.5) is 5.69 Å². The molecule has 0 unspecified atom stereocenters. The summed E-state index contributed by atoms with van der Waals surface area (Å²) in [6.07, 6.45) is 1.65. The van der Waals surface area contributed by atoms with E-state index in [9.17, 15) is 4.79 Å². The summed E-state index contributed by atoms with van der Waals surface area (Å²) in [5.41, 5.74) is 2.06. The van der Waals surface area contributed by atoms with Crippen LogP contribution in [0.5, 0.6) is 0 Å². The van der Waals surface area contributed by atoms with Crippen molar-refractivity contribution in [3.05, 3.63) is 83.8 Å². The molecule has 3 heterocycles. The Kier molecular flexibility index (Phi) is 6.87. The number of aromatic nitrogens is 3. The molecule has 2 aromatic heterocycles. The number of nitrogens with zero attached hydrogens (tertiary/aromatic N) is 5. The van der Waals surface area contributed by atoms with Gasteiger partial charge in [0, 0.05) is 42.5 Å². The standard InChI is InChI=1S/C25H24ClN5O2S/c26-20-8-4-9-21(16-20)29-11-13-30(14-12-29)23(32)18-34-25-28-27-24(19-6-2-1-3-7-19)31(25)17-22-10-5-15-33-22/h1-10,15-16H,11-14,17-18H2. The number of halogens is 1. The van der Waals surface area contributed by atoms with E-state index in [0.717, 1.165) is 40.9 Å². The summed E-state index contributed by atoms with van der Waals surface area (Å²) in [5, 5.41) is 10.2. The Labute approximate surface area is 207 Å². The number of carbonyl (C=O) groups excluding carboxylic acids is 1. The topological polar surface area (TPSA) is 67.4 Å². The third-order valence-electron chi connectivity index (χ3n) is 5.77. The molecule has 0 radical (unpaired) electrons. The van der Waals surface area contributed by atoms with Gasteiger partial charge in [0.1, 0.15) is 5.76 Å². The maximum Gasteiger partial charge on any atom is 0.233 e. The van der Waals surface area contributed by atoms with E-state index in [0.29, 0.717) is 30.5 Å². The van der Waals surface area contributed by atoms with Crippen molar-refractivity contribution in [1.82, 2.24) is 19.7 Å². The van der Waals surface area contributed by atoms with Crippen LogP contribution in [-0.4, -0.2) is 57.5 Å². The zero-order chi connectivity index (χ0) is 23.3. The van der Waals surface area contributed by atoms with Crippen molar-refractivity contribution in [2.75, 3.05) is 36.8 Å². The molecule has 2 aromatic carbocycles. The zero-order valence-corrected chi connectivity index (χ0v) is 20.1. The number of piperazine rings is 1. The lowest BCUT2D eigenvalue weighted by atomic mass is 10.2. The Morgan fingerprint density at radius 1 is 0.971 bits per heavy atom. The molecule has 1 aliphatic rings. The van der Waals surface area contributed by atoms with Crippen molar-refractivity contribution in [1.29, 1.82) is 0 Å². The Morgan fingerprint density at radius 3 is 2.53 bits per heavy atom. The number of rotatable bonds is 7. The van der Waals surface area contributed by atoms with Gasteiger partial charge in [0.05, 0.1) is 18.6 Å². The summed E-state index contributed by atoms with van der Waals surface area (Å²) in [4.78, 5) is 17.1. The second-order valence-corrected chi connectivity index (χ2v) is 9.35. The van der Waals surface area contributed by atoms with Gasteiger partial charge >= 0.3 is 0 Å². The van der Waals surface area contributed by atoms with Crippen LogP contribution in [-0.2, 0) is 11.3 Å². The van der Waals surface area contributed by atoms with E-state index in [4.69, 9.17) is 16.0 Å². The summed E-state index contributed by atoms with van der Waals surface area (Å²) in [7, 11) is 0. The van der Waals surface area contributed by atoms with Crippen molar-refractivity contribution in [3.63, 3.8) is 0 Å². The van der Waals surface area contributed by atoms with Crippen molar-refractivity contribution in [3.8, 4) is 11.4 Å². The average Bonchev–Trinajstić information content (AvgIpc) is 3.54. The monoisotopic (exact) mass is 493 g/mol. The van der Waals surface area contributed by atoms with Gasteiger partial charge in [0.25, 0.3) is 0 Å². The SMILES string of the molecule is O=C(CSc1nnc(-c2ccccc2)n1Cc1ccco1)N1CCN(c2cccc(Cl)c2)CC1. The van der Waals surface area contributed by atoms with Crippen LogP contribution in [0.3, 0.4) is 0 Å². The number of furan rings is 1. The molecule has 0 bridgehead atoms. The first-order chi connectivity index (χ1) is 16.7. The van der Waals surface area contributed by atoms with Crippen LogP contribution in [0.25, 0.3) is 11.4 Å². The molecule has 0 N–H and O–H groups in total. The van der Waals surface area contributed by atoms with E-state index in [1.165, 1.54) is 11.8 Å². The summed E-state index contributed by atoms with van der Waals surface area (Å²) in [6.45, 7) is 3.42. The van der Waals surface area contributed by atoms with Crippen molar-refractivity contribution in [2.45, 2.75) is 11.7 Å². The maximum absolute atomic E-state index is 13.0. The maximum atomic E-state index is 13.0. The van der Waals surface area contributed by atoms with Crippen LogP contribution in [0, 0.1) is 0 Å². The van der Waals surface area contributed by atoms with Crippen LogP contribution in [0.1, 0.15) is 5.76 Å². The molecule has 4 aromatic rings. The highest BCUT2D eigenvalue weighted by Gasteiger charge is 2.23. The lowest BCUT2D eigenvalue weighted by molar-refractivity contribution is -0.128. The second kappa shape index (κ2) is 10.4. The fourth-order valence-corrected chi connectivity index (χ4v) is 5.03. The molecule has 34 heavy (non-hydrogen) atoms. The zero-order valence-electron chi connectivity index (χ0n) is 18.5. The van der Waals surface area contributed by atoms with Crippen molar-refractivity contribution >= 4 is 35.0 Å². The fourth-order valence-electron chi connectivity index (χ4n) is 4.00. The number of carbonyl (C=O) groups is 1. The molecular formula is C25H24ClN5O2S. The first-order valence-electron chi connectivity index (χ1n) is 11.1. The third-order valence-corrected chi connectivity index (χ3v) is 6.96. The van der Waals surface area contributed by atoms with Crippen LogP contribution < -0.4 is 4.90 Å². The number of amides is 1. The van der Waals surface area contributed by atoms with Crippen molar-refractivity contribution in [2.24, 2.45) is 0 Å². The largest absolute Gasteiger partial charge is 0.467 e. The number of benzene rings is 2. The molecule has 1 aliphatic heterocycles. The first-order valence-corrected chi connectivity index (χ1v) is 12.5. The summed E-state index contributed by atoms with van der Waals surface area (Å²) >= 11 is 7.54. The molecule has 1 fully saturated rings. The van der Waals surface area contributed by atoms with E-state index in [1.54, 1.807) is 6.26 Å². The van der Waals surface area contributed by atoms with E-state index in [-0.39, 0.29) is 5.91 Å². The Bertz CT molecular complexity index is 1240. The first kappa shape index (κ1) is 22.6. The molecule has 0 atom stereocenters. The number of anilines is 1. The number of hydrogen-bond donors (Lipinski definition) is 0. The van der Waals surface area contributed by atoms with Gasteiger partial charge in [-0.15, -0.1) is 10.2 Å². The minimum atomic E-state index is 0.101. The Morgan fingerprint density at radius 2 is 1.79 bits per heavy atom. The predicted molar refractivity (Wildman–Crippen MR) is 134 cm³/mol. The predicted octanol–water partition coefficient (Wildman–Crippen LogP) is 4.68. The minimum absolute atomic E-state index is 0.101. The molecule has 0 spiro atoms. The summed E-state index contributed by atoms with van der Waals surface area (Å²) in [6, 6.07) is 21.5. The van der Waals surface area contributed by atoms with Crippen molar-refractivity contribution < 1.29 is 9.21 Å². The van der Waals surface area contributed by atoms with Gasteiger partial charge in [-0.3, -0.25) is 9.36 Å². The molecule has 1 saturated heterocycles. The molecule has 1 amide bonds. The highest BCUT2D eigenvalue weighted by molar-refractivity contribution is 7.99. The normalized spacial score (nSPS) is 13.9. The smallest absolute Gasteiger partial charge is 0.233 e. The fraction of sp³-hybridized carbons (Fsp3) is 0.240. The quantitative estimate of drug-likeness (QED) is 0.348. The molecule has 174 valence electrons. The summed E-state index contributed by atoms with van der Waals surface area (Å²) < 4.78 is 7.56. The van der Waals surface area contributed by atoms with Gasteiger partial charge in [-0.05, 0) is 30.3 Å². The lowest BCUT2D eigenvalue weighted by Gasteiger charge is -2.36.